The summed E-state index contributed by atoms with van der Waals surface area (Å²) in [6, 6.07) is 0. The summed E-state index contributed by atoms with van der Waals surface area (Å²) in [7, 11) is 0. The number of nitrogens with zero attached hydrogens (tertiary/aromatic N) is 2. The van der Waals surface area contributed by atoms with Gasteiger partial charge in [0.15, 0.2) is 0 Å². The fourth-order valence-corrected chi connectivity index (χ4v) is 1.45. The van der Waals surface area contributed by atoms with Gasteiger partial charge in [-0.1, -0.05) is 27.7 Å². The van der Waals surface area contributed by atoms with Crippen LogP contribution in [-0.4, -0.2) is 9.55 Å². The third kappa shape index (κ3) is 3.95. The van der Waals surface area contributed by atoms with Gasteiger partial charge in [-0.2, -0.15) is 0 Å². The molecule has 0 fully saturated rings. The van der Waals surface area contributed by atoms with Crippen molar-refractivity contribution in [3.63, 3.8) is 0 Å². The second-order valence-electron chi connectivity index (χ2n) is 3.24. The van der Waals surface area contributed by atoms with Gasteiger partial charge in [-0.25, -0.2) is 4.98 Å². The molecule has 1 rings (SSSR count). The molecule has 0 N–H and O–H groups in total. The summed E-state index contributed by atoms with van der Waals surface area (Å²) in [6.45, 7) is 11.6. The van der Waals surface area contributed by atoms with Crippen molar-refractivity contribution in [3.05, 3.63) is 17.7 Å². The van der Waals surface area contributed by atoms with Crippen molar-refractivity contribution >= 4 is 0 Å². The molecule has 0 saturated carbocycles. The lowest BCUT2D eigenvalue weighted by atomic mass is 10.3. The van der Waals surface area contributed by atoms with E-state index in [0.29, 0.717) is 0 Å². The van der Waals surface area contributed by atoms with Gasteiger partial charge in [0.25, 0.3) is 0 Å². The van der Waals surface area contributed by atoms with Crippen molar-refractivity contribution < 1.29 is 0 Å². The molecule has 0 aliphatic rings. The summed E-state index contributed by atoms with van der Waals surface area (Å²) in [5.41, 5.74) is 1.15. The maximum Gasteiger partial charge on any atom is 0.108 e. The van der Waals surface area contributed by atoms with E-state index in [1.165, 1.54) is 18.7 Å². The summed E-state index contributed by atoms with van der Waals surface area (Å²) in [5.74, 6) is 1.25. The molecule has 0 amide bonds. The standard InChI is InChI=1S/C10H18N2.C2H6/c1-4-6-10-11-9(3)8-12(10)7-5-2;1-2/h8H,4-7H2,1-3H3;1-2H3. The minimum absolute atomic E-state index is 1.10. The Bertz CT molecular complexity index is 215. The molecule has 1 aromatic rings. The van der Waals surface area contributed by atoms with E-state index in [2.05, 4.69) is 36.5 Å². The lowest BCUT2D eigenvalue weighted by Crippen LogP contribution is -2.01. The Morgan fingerprint density at radius 3 is 2.36 bits per heavy atom. The van der Waals surface area contributed by atoms with Crippen LogP contribution < -0.4 is 0 Å². The second kappa shape index (κ2) is 7.60. The Labute approximate surface area is 88.4 Å². The number of aryl methyl sites for hydroxylation is 3. The molecule has 0 aliphatic heterocycles. The van der Waals surface area contributed by atoms with Crippen LogP contribution in [0.25, 0.3) is 0 Å². The van der Waals surface area contributed by atoms with Gasteiger partial charge in [0.1, 0.15) is 5.82 Å². The van der Waals surface area contributed by atoms with Crippen LogP contribution in [0.3, 0.4) is 0 Å². The molecule has 0 radical (unpaired) electrons. The van der Waals surface area contributed by atoms with E-state index in [9.17, 15) is 0 Å². The Morgan fingerprint density at radius 2 is 1.86 bits per heavy atom. The molecular weight excluding hydrogens is 172 g/mol. The van der Waals surface area contributed by atoms with Crippen LogP contribution in [0.5, 0.6) is 0 Å². The van der Waals surface area contributed by atoms with Gasteiger partial charge in [-0.05, 0) is 19.8 Å². The molecule has 0 saturated heterocycles. The lowest BCUT2D eigenvalue weighted by Gasteiger charge is -2.03. The van der Waals surface area contributed by atoms with E-state index in [0.717, 1.165) is 18.7 Å². The molecule has 2 nitrogen and oxygen atoms in total. The summed E-state index contributed by atoms with van der Waals surface area (Å²) in [4.78, 5) is 4.48. The smallest absolute Gasteiger partial charge is 0.108 e. The van der Waals surface area contributed by atoms with Crippen LogP contribution in [0.2, 0.25) is 0 Å². The van der Waals surface area contributed by atoms with Crippen LogP contribution in [0.15, 0.2) is 6.20 Å². The SMILES string of the molecule is CC.CCCc1nc(C)cn1CCC. The van der Waals surface area contributed by atoms with Crippen LogP contribution in [0, 0.1) is 6.92 Å². The normalized spacial score (nSPS) is 9.50. The minimum atomic E-state index is 1.10. The average molecular weight is 196 g/mol. The molecule has 1 aromatic heterocycles. The highest BCUT2D eigenvalue weighted by molar-refractivity contribution is 5.02. The molecular formula is C12H24N2. The molecule has 1 heterocycles. The molecule has 2 heteroatoms. The first-order valence-corrected chi connectivity index (χ1v) is 5.80. The summed E-state index contributed by atoms with van der Waals surface area (Å²) in [5, 5.41) is 0. The van der Waals surface area contributed by atoms with Crippen molar-refractivity contribution in [3.8, 4) is 0 Å². The third-order valence-electron chi connectivity index (χ3n) is 1.92. The molecule has 0 atom stereocenters. The van der Waals surface area contributed by atoms with E-state index >= 15 is 0 Å². The van der Waals surface area contributed by atoms with Crippen molar-refractivity contribution in [2.75, 3.05) is 0 Å². The predicted molar refractivity (Wildman–Crippen MR) is 62.6 cm³/mol. The molecule has 0 bridgehead atoms. The Morgan fingerprint density at radius 1 is 1.21 bits per heavy atom. The van der Waals surface area contributed by atoms with Crippen molar-refractivity contribution in [1.82, 2.24) is 9.55 Å². The Kier molecular flexibility index (Phi) is 7.17. The highest BCUT2D eigenvalue weighted by atomic mass is 15.1. The minimum Gasteiger partial charge on any atom is -0.335 e. The van der Waals surface area contributed by atoms with Crippen LogP contribution in [0.1, 0.15) is 52.1 Å². The van der Waals surface area contributed by atoms with Crippen LogP contribution in [-0.2, 0) is 13.0 Å². The first kappa shape index (κ1) is 13.2. The topological polar surface area (TPSA) is 17.8 Å². The summed E-state index contributed by atoms with van der Waals surface area (Å²) in [6.07, 6.45) is 5.62. The molecule has 82 valence electrons. The first-order chi connectivity index (χ1) is 6.77. The first-order valence-electron chi connectivity index (χ1n) is 5.80. The fourth-order valence-electron chi connectivity index (χ4n) is 1.45. The second-order valence-corrected chi connectivity index (χ2v) is 3.24. The van der Waals surface area contributed by atoms with Gasteiger partial charge < -0.3 is 4.57 Å². The van der Waals surface area contributed by atoms with Crippen molar-refractivity contribution in [2.45, 2.75) is 60.4 Å². The number of rotatable bonds is 4. The highest BCUT2D eigenvalue weighted by Crippen LogP contribution is 2.05. The van der Waals surface area contributed by atoms with Gasteiger partial charge in [-0.3, -0.25) is 0 Å². The van der Waals surface area contributed by atoms with Crippen LogP contribution in [0.4, 0.5) is 0 Å². The molecule has 14 heavy (non-hydrogen) atoms. The number of aromatic nitrogens is 2. The van der Waals surface area contributed by atoms with Gasteiger partial charge >= 0.3 is 0 Å². The Hall–Kier alpha value is -0.790. The zero-order valence-electron chi connectivity index (χ0n) is 10.3. The van der Waals surface area contributed by atoms with E-state index in [1.807, 2.05) is 13.8 Å². The Balaban J connectivity index is 0.000000791. The van der Waals surface area contributed by atoms with E-state index in [1.54, 1.807) is 0 Å². The number of hydrogen-bond acceptors (Lipinski definition) is 1. The maximum absolute atomic E-state index is 4.48. The van der Waals surface area contributed by atoms with Crippen molar-refractivity contribution in [1.29, 1.82) is 0 Å². The van der Waals surface area contributed by atoms with Gasteiger partial charge in [0.05, 0.1) is 5.69 Å². The molecule has 0 aromatic carbocycles. The van der Waals surface area contributed by atoms with Gasteiger partial charge in [0.2, 0.25) is 0 Å². The highest BCUT2D eigenvalue weighted by Gasteiger charge is 2.02. The van der Waals surface area contributed by atoms with E-state index < -0.39 is 0 Å². The summed E-state index contributed by atoms with van der Waals surface area (Å²) < 4.78 is 2.28. The quantitative estimate of drug-likeness (QED) is 0.719. The largest absolute Gasteiger partial charge is 0.335 e. The van der Waals surface area contributed by atoms with Crippen molar-refractivity contribution in [2.24, 2.45) is 0 Å². The fraction of sp³-hybridized carbons (Fsp3) is 0.750. The number of imidazole rings is 1. The summed E-state index contributed by atoms with van der Waals surface area (Å²) >= 11 is 0. The van der Waals surface area contributed by atoms with Gasteiger partial charge in [-0.15, -0.1) is 0 Å². The lowest BCUT2D eigenvalue weighted by molar-refractivity contribution is 0.630. The van der Waals surface area contributed by atoms with E-state index in [4.69, 9.17) is 0 Å². The maximum atomic E-state index is 4.48. The van der Waals surface area contributed by atoms with Gasteiger partial charge in [0, 0.05) is 19.2 Å². The van der Waals surface area contributed by atoms with E-state index in [-0.39, 0.29) is 0 Å². The molecule has 0 unspecified atom stereocenters. The predicted octanol–water partition coefficient (Wildman–Crippen LogP) is 3.58. The third-order valence-corrected chi connectivity index (χ3v) is 1.92. The number of hydrogen-bond donors (Lipinski definition) is 0. The average Bonchev–Trinajstić information content (AvgIpc) is 2.51. The molecule has 0 spiro atoms. The monoisotopic (exact) mass is 196 g/mol. The van der Waals surface area contributed by atoms with Crippen LogP contribution >= 0.6 is 0 Å². The zero-order chi connectivity index (χ0) is 11.0. The zero-order valence-corrected chi connectivity index (χ0v) is 10.3. The molecule has 0 aliphatic carbocycles.